The van der Waals surface area contributed by atoms with Gasteiger partial charge in [-0.05, 0) is 53.4 Å². The monoisotopic (exact) mass is 557 g/mol. The van der Waals surface area contributed by atoms with E-state index in [-0.39, 0.29) is 12.1 Å². The molecule has 0 aliphatic rings. The number of para-hydroxylation sites is 2. The summed E-state index contributed by atoms with van der Waals surface area (Å²) in [7, 11) is 0. The van der Waals surface area contributed by atoms with Crippen LogP contribution in [0, 0.1) is 0 Å². The maximum absolute atomic E-state index is 13.8. The minimum Gasteiger partial charge on any atom is -0.489 e. The van der Waals surface area contributed by atoms with Gasteiger partial charge in [0.05, 0.1) is 23.2 Å². The molecule has 1 heterocycles. The molecule has 0 saturated carbocycles. The summed E-state index contributed by atoms with van der Waals surface area (Å²) in [4.78, 5) is 15.6. The number of alkyl halides is 3. The fraction of sp³-hybridized carbons (Fsp3) is 0.152. The van der Waals surface area contributed by atoms with Crippen LogP contribution in [-0.2, 0) is 17.6 Å². The first-order chi connectivity index (χ1) is 19.7. The van der Waals surface area contributed by atoms with Crippen LogP contribution in [0.1, 0.15) is 36.0 Å². The normalized spacial score (nSPS) is 12.2. The van der Waals surface area contributed by atoms with Crippen LogP contribution in [0.5, 0.6) is 17.2 Å². The molecule has 0 radical (unpaired) electrons. The lowest BCUT2D eigenvalue weighted by Crippen LogP contribution is -2.10. The largest absolute Gasteiger partial charge is 0.489 e. The van der Waals surface area contributed by atoms with Gasteiger partial charge in [0.15, 0.2) is 5.75 Å². The van der Waals surface area contributed by atoms with Crippen molar-refractivity contribution in [1.82, 2.24) is 4.98 Å². The number of aromatic nitrogens is 1. The summed E-state index contributed by atoms with van der Waals surface area (Å²) in [6, 6.07) is 27.2. The number of carboxylic acids is 1. The van der Waals surface area contributed by atoms with Crippen LogP contribution in [-0.4, -0.2) is 16.1 Å². The molecular formula is C33H26F3NO4. The lowest BCUT2D eigenvalue weighted by atomic mass is 9.96. The number of ether oxygens (including phenoxy) is 2. The molecule has 1 atom stereocenters. The Balaban J connectivity index is 1.50. The average Bonchev–Trinajstić information content (AvgIpc) is 2.96. The fourth-order valence-corrected chi connectivity index (χ4v) is 4.73. The lowest BCUT2D eigenvalue weighted by molar-refractivity contribution is -0.139. The Hall–Kier alpha value is -4.85. The molecule has 1 N–H and O–H groups in total. The van der Waals surface area contributed by atoms with Gasteiger partial charge in [0.1, 0.15) is 18.1 Å². The van der Waals surface area contributed by atoms with Gasteiger partial charge in [-0.25, -0.2) is 0 Å². The summed E-state index contributed by atoms with van der Waals surface area (Å²) >= 11 is 0. The van der Waals surface area contributed by atoms with Crippen LogP contribution in [0.3, 0.4) is 0 Å². The van der Waals surface area contributed by atoms with Crippen molar-refractivity contribution in [1.29, 1.82) is 0 Å². The van der Waals surface area contributed by atoms with E-state index < -0.39 is 23.6 Å². The molecule has 0 spiro atoms. The van der Waals surface area contributed by atoms with Gasteiger partial charge in [-0.15, -0.1) is 0 Å². The van der Waals surface area contributed by atoms with E-state index in [9.17, 15) is 23.1 Å². The molecule has 1 unspecified atom stereocenters. The second-order valence-corrected chi connectivity index (χ2v) is 9.47. The number of halogens is 3. The number of aliphatic carboxylic acids is 1. The van der Waals surface area contributed by atoms with E-state index in [1.807, 2.05) is 25.1 Å². The summed E-state index contributed by atoms with van der Waals surface area (Å²) in [5.41, 5.74) is 1.62. The topological polar surface area (TPSA) is 68.7 Å². The molecule has 0 aliphatic heterocycles. The van der Waals surface area contributed by atoms with Crippen molar-refractivity contribution >= 4 is 16.9 Å². The van der Waals surface area contributed by atoms with Crippen molar-refractivity contribution in [3.8, 4) is 28.4 Å². The Morgan fingerprint density at radius 2 is 1.61 bits per heavy atom. The molecule has 0 saturated heterocycles. The number of benzene rings is 4. The number of hydrogen-bond acceptors (Lipinski definition) is 4. The van der Waals surface area contributed by atoms with E-state index in [2.05, 4.69) is 4.98 Å². The van der Waals surface area contributed by atoms with Crippen molar-refractivity contribution in [2.45, 2.75) is 32.0 Å². The van der Waals surface area contributed by atoms with Crippen LogP contribution in [0.25, 0.3) is 22.0 Å². The first-order valence-corrected chi connectivity index (χ1v) is 13.0. The van der Waals surface area contributed by atoms with Crippen LogP contribution in [0.2, 0.25) is 0 Å². The van der Waals surface area contributed by atoms with E-state index >= 15 is 0 Å². The van der Waals surface area contributed by atoms with Crippen LogP contribution >= 0.6 is 0 Å². The number of nitrogens with zero attached hydrogens (tertiary/aromatic N) is 1. The zero-order valence-electron chi connectivity index (χ0n) is 22.1. The van der Waals surface area contributed by atoms with Gasteiger partial charge in [-0.1, -0.05) is 73.7 Å². The highest BCUT2D eigenvalue weighted by atomic mass is 19.4. The van der Waals surface area contributed by atoms with Crippen molar-refractivity contribution in [2.75, 3.05) is 0 Å². The van der Waals surface area contributed by atoms with Gasteiger partial charge in [0.2, 0.25) is 0 Å². The van der Waals surface area contributed by atoms with Crippen LogP contribution < -0.4 is 9.47 Å². The number of rotatable bonds is 9. The van der Waals surface area contributed by atoms with Crippen LogP contribution in [0.4, 0.5) is 13.2 Å². The fourth-order valence-electron chi connectivity index (χ4n) is 4.73. The van der Waals surface area contributed by atoms with Gasteiger partial charge in [-0.3, -0.25) is 9.78 Å². The highest BCUT2D eigenvalue weighted by Gasteiger charge is 2.34. The minimum atomic E-state index is -4.58. The Bertz CT molecular complexity index is 1670. The van der Waals surface area contributed by atoms with Crippen LogP contribution in [0.15, 0.2) is 103 Å². The van der Waals surface area contributed by atoms with E-state index in [1.165, 1.54) is 12.3 Å². The third-order valence-corrected chi connectivity index (χ3v) is 6.76. The second kappa shape index (κ2) is 11.7. The quantitative estimate of drug-likeness (QED) is 0.196. The highest BCUT2D eigenvalue weighted by Crippen LogP contribution is 2.42. The predicted molar refractivity (Wildman–Crippen MR) is 150 cm³/mol. The molecule has 5 rings (SSSR count). The van der Waals surface area contributed by atoms with Gasteiger partial charge in [-0.2, -0.15) is 13.2 Å². The molecule has 208 valence electrons. The minimum absolute atomic E-state index is 0.173. The standard InChI is InChI=1S/C33H26F3NO4/c1-2-26(32(38)39)22-16-14-21(15-17-22)20-40-25-11-6-8-23(18-25)30-27-12-7-13-28(33(34,35)36)31(27)37-19-29(30)41-24-9-4-3-5-10-24/h3-19,26H,2,20H2,1H3,(H,38,39). The summed E-state index contributed by atoms with van der Waals surface area (Å²) < 4.78 is 53.6. The molecule has 0 bridgehead atoms. The molecule has 5 aromatic rings. The highest BCUT2D eigenvalue weighted by molar-refractivity contribution is 5.99. The van der Waals surface area contributed by atoms with E-state index in [0.29, 0.717) is 40.2 Å². The molecule has 8 heteroatoms. The first kappa shape index (κ1) is 27.7. The van der Waals surface area contributed by atoms with Gasteiger partial charge >= 0.3 is 12.1 Å². The lowest BCUT2D eigenvalue weighted by Gasteiger charge is -2.17. The van der Waals surface area contributed by atoms with E-state index in [1.54, 1.807) is 66.7 Å². The summed E-state index contributed by atoms with van der Waals surface area (Å²) in [5.74, 6) is -0.103. The maximum atomic E-state index is 13.8. The Morgan fingerprint density at radius 1 is 0.902 bits per heavy atom. The Labute approximate surface area is 234 Å². The molecular weight excluding hydrogens is 531 g/mol. The number of carboxylic acid groups (broad SMARTS) is 1. The average molecular weight is 558 g/mol. The molecule has 1 aromatic heterocycles. The molecule has 5 nitrogen and oxygen atoms in total. The number of carbonyl (C=O) groups is 1. The first-order valence-electron chi connectivity index (χ1n) is 13.0. The zero-order chi connectivity index (χ0) is 29.0. The Kier molecular flexibility index (Phi) is 7.92. The van der Waals surface area contributed by atoms with Crippen molar-refractivity contribution in [2.24, 2.45) is 0 Å². The molecule has 0 fully saturated rings. The number of pyridine rings is 1. The summed E-state index contributed by atoms with van der Waals surface area (Å²) in [5, 5.41) is 9.69. The predicted octanol–water partition coefficient (Wildman–Crippen LogP) is 8.87. The molecule has 0 amide bonds. The van der Waals surface area contributed by atoms with Crippen molar-refractivity contribution in [3.63, 3.8) is 0 Å². The van der Waals surface area contributed by atoms with Gasteiger partial charge in [0.25, 0.3) is 0 Å². The van der Waals surface area contributed by atoms with Crippen molar-refractivity contribution < 1.29 is 32.5 Å². The molecule has 0 aliphatic carbocycles. The SMILES string of the molecule is CCC(C(=O)O)c1ccc(COc2cccc(-c3c(Oc4ccccc4)cnc4c(C(F)(F)F)cccc34)c2)cc1. The van der Waals surface area contributed by atoms with Gasteiger partial charge in [0, 0.05) is 10.9 Å². The number of fused-ring (bicyclic) bond motifs is 1. The Morgan fingerprint density at radius 3 is 2.29 bits per heavy atom. The van der Waals surface area contributed by atoms with E-state index in [4.69, 9.17) is 9.47 Å². The second-order valence-electron chi connectivity index (χ2n) is 9.47. The molecule has 41 heavy (non-hydrogen) atoms. The van der Waals surface area contributed by atoms with E-state index in [0.717, 1.165) is 17.2 Å². The third-order valence-electron chi connectivity index (χ3n) is 6.76. The van der Waals surface area contributed by atoms with Crippen molar-refractivity contribution in [3.05, 3.63) is 120 Å². The smallest absolute Gasteiger partial charge is 0.418 e. The third kappa shape index (κ3) is 6.17. The summed E-state index contributed by atoms with van der Waals surface area (Å²) in [6.07, 6.45) is -2.77. The van der Waals surface area contributed by atoms with Gasteiger partial charge < -0.3 is 14.6 Å². The molecule has 4 aromatic carbocycles. The maximum Gasteiger partial charge on any atom is 0.418 e. The zero-order valence-corrected chi connectivity index (χ0v) is 22.1. The number of hydrogen-bond donors (Lipinski definition) is 1. The summed E-state index contributed by atoms with van der Waals surface area (Å²) in [6.45, 7) is 2.05.